The van der Waals surface area contributed by atoms with Gasteiger partial charge in [-0.2, -0.15) is 0 Å². The van der Waals surface area contributed by atoms with Gasteiger partial charge in [0.25, 0.3) is 0 Å². The molecule has 0 fully saturated rings. The predicted molar refractivity (Wildman–Crippen MR) is 166 cm³/mol. The molecule has 0 spiro atoms. The van der Waals surface area contributed by atoms with Gasteiger partial charge in [-0.25, -0.2) is 0 Å². The van der Waals surface area contributed by atoms with Gasteiger partial charge in [0.1, 0.15) is 11.8 Å². The molecule has 0 aliphatic rings. The van der Waals surface area contributed by atoms with E-state index in [-0.39, 0.29) is 49.9 Å². The number of guanidine groups is 1. The Labute approximate surface area is 252 Å². The van der Waals surface area contributed by atoms with Crippen molar-refractivity contribution in [1.29, 1.82) is 5.41 Å². The van der Waals surface area contributed by atoms with E-state index in [2.05, 4.69) is 10.6 Å². The number of aromatic hydroxyl groups is 1. The SMILES string of the molecule is N=C(N)NCCC[C@](N)(C(=O)CC(c1ccccc1)c1ccccc1)C(=O)N[C@@H](Cc1ccc(O)c(I)c1)C(N)=O. The normalized spacial score (nSPS) is 13.1. The van der Waals surface area contributed by atoms with Crippen molar-refractivity contribution >= 4 is 46.1 Å². The van der Waals surface area contributed by atoms with E-state index >= 15 is 0 Å². The molecule has 2 amide bonds. The van der Waals surface area contributed by atoms with Crippen LogP contribution in [0.2, 0.25) is 0 Å². The van der Waals surface area contributed by atoms with Crippen molar-refractivity contribution in [3.63, 3.8) is 0 Å². The molecule has 0 saturated carbocycles. The largest absolute Gasteiger partial charge is 0.507 e. The first-order chi connectivity index (χ1) is 19.5. The molecule has 0 unspecified atom stereocenters. The number of phenols is 1. The van der Waals surface area contributed by atoms with Gasteiger partial charge in [0.15, 0.2) is 17.3 Å². The third kappa shape index (κ3) is 8.76. The molecule has 0 saturated heterocycles. The van der Waals surface area contributed by atoms with Crippen LogP contribution >= 0.6 is 22.6 Å². The zero-order valence-electron chi connectivity index (χ0n) is 22.5. The number of primary amides is 1. The maximum atomic E-state index is 14.0. The van der Waals surface area contributed by atoms with Crippen molar-refractivity contribution in [2.45, 2.75) is 43.2 Å². The molecule has 0 aromatic heterocycles. The van der Waals surface area contributed by atoms with Crippen molar-refractivity contribution in [3.8, 4) is 5.75 Å². The molecule has 3 rings (SSSR count). The van der Waals surface area contributed by atoms with Crippen LogP contribution in [0, 0.1) is 8.98 Å². The Kier molecular flexibility index (Phi) is 11.2. The summed E-state index contributed by atoms with van der Waals surface area (Å²) in [5.41, 5.74) is 18.1. The number of carbonyl (C=O) groups excluding carboxylic acids is 3. The standard InChI is InChI=1S/C30H35IN6O4/c31-23-16-19(12-13-25(23)38)17-24(27(32)40)37-28(41)30(35,14-7-15-36-29(33)34)26(39)18-22(20-8-3-1-4-9-20)21-10-5-2-6-11-21/h1-6,8-13,16,22,24,38H,7,14-15,17-18,35H2,(H2,32,40)(H,37,41)(H4,33,34,36)/t24-,30-/m0/s1. The summed E-state index contributed by atoms with van der Waals surface area (Å²) in [5, 5.41) is 22.5. The third-order valence-corrected chi connectivity index (χ3v) is 7.72. The fourth-order valence-electron chi connectivity index (χ4n) is 4.56. The second-order valence-electron chi connectivity index (χ2n) is 9.83. The number of hydrogen-bond donors (Lipinski definition) is 7. The zero-order valence-corrected chi connectivity index (χ0v) is 24.6. The molecule has 2 atom stereocenters. The van der Waals surface area contributed by atoms with E-state index in [1.807, 2.05) is 83.3 Å². The molecule has 0 heterocycles. The van der Waals surface area contributed by atoms with Crippen molar-refractivity contribution in [2.24, 2.45) is 17.2 Å². The second-order valence-corrected chi connectivity index (χ2v) is 11.0. The third-order valence-electron chi connectivity index (χ3n) is 6.86. The molecule has 11 heteroatoms. The van der Waals surface area contributed by atoms with E-state index < -0.39 is 29.2 Å². The summed E-state index contributed by atoms with van der Waals surface area (Å²) in [5.74, 6) is -2.62. The average Bonchev–Trinajstić information content (AvgIpc) is 2.96. The monoisotopic (exact) mass is 670 g/mol. The summed E-state index contributed by atoms with van der Waals surface area (Å²) in [6, 6.07) is 22.6. The van der Waals surface area contributed by atoms with E-state index in [0.717, 1.165) is 11.1 Å². The Hall–Kier alpha value is -3.97. The van der Waals surface area contributed by atoms with Crippen LogP contribution in [-0.4, -0.2) is 46.8 Å². The number of Topliss-reactive ketones (excluding diaryl/α,β-unsaturated/α-hetero) is 1. The minimum Gasteiger partial charge on any atom is -0.507 e. The Bertz CT molecular complexity index is 1330. The number of benzene rings is 3. The number of ketones is 1. The molecule has 10 N–H and O–H groups in total. The minimum atomic E-state index is -1.99. The summed E-state index contributed by atoms with van der Waals surface area (Å²) in [6.07, 6.45) is 0.185. The lowest BCUT2D eigenvalue weighted by atomic mass is 9.79. The van der Waals surface area contributed by atoms with Crippen LogP contribution < -0.4 is 27.8 Å². The Morgan fingerprint density at radius 1 is 0.951 bits per heavy atom. The number of halogens is 1. The first-order valence-corrected chi connectivity index (χ1v) is 14.2. The summed E-state index contributed by atoms with van der Waals surface area (Å²) in [7, 11) is 0. The maximum Gasteiger partial charge on any atom is 0.248 e. The van der Waals surface area contributed by atoms with E-state index in [4.69, 9.17) is 22.6 Å². The van der Waals surface area contributed by atoms with Gasteiger partial charge >= 0.3 is 0 Å². The fourth-order valence-corrected chi connectivity index (χ4v) is 5.14. The molecule has 0 radical (unpaired) electrons. The molecule has 10 nitrogen and oxygen atoms in total. The van der Waals surface area contributed by atoms with Gasteiger partial charge in [-0.1, -0.05) is 66.7 Å². The van der Waals surface area contributed by atoms with E-state index in [1.165, 1.54) is 6.07 Å². The fraction of sp³-hybridized carbons (Fsp3) is 0.267. The molecule has 0 aliphatic heterocycles. The molecular weight excluding hydrogens is 635 g/mol. The summed E-state index contributed by atoms with van der Waals surface area (Å²) in [6.45, 7) is 0.223. The first-order valence-electron chi connectivity index (χ1n) is 13.1. The number of carbonyl (C=O) groups is 3. The lowest BCUT2D eigenvalue weighted by Gasteiger charge is -2.31. The van der Waals surface area contributed by atoms with Gasteiger partial charge in [-0.15, -0.1) is 0 Å². The van der Waals surface area contributed by atoms with Crippen molar-refractivity contribution < 1.29 is 19.5 Å². The van der Waals surface area contributed by atoms with Crippen molar-refractivity contribution in [2.75, 3.05) is 6.54 Å². The quantitative estimate of drug-likeness (QED) is 0.0449. The highest BCUT2D eigenvalue weighted by atomic mass is 127. The number of amides is 2. The second kappa shape index (κ2) is 14.6. The Morgan fingerprint density at radius 3 is 2.05 bits per heavy atom. The number of nitrogens with one attached hydrogen (secondary N) is 3. The van der Waals surface area contributed by atoms with E-state index in [1.54, 1.807) is 12.1 Å². The smallest absolute Gasteiger partial charge is 0.248 e. The van der Waals surface area contributed by atoms with Gasteiger partial charge < -0.3 is 32.9 Å². The number of phenolic OH excluding ortho intramolecular Hbond substituents is 1. The van der Waals surface area contributed by atoms with Crippen LogP contribution in [0.4, 0.5) is 0 Å². The molecule has 41 heavy (non-hydrogen) atoms. The van der Waals surface area contributed by atoms with E-state index in [0.29, 0.717) is 9.13 Å². The van der Waals surface area contributed by atoms with Gasteiger partial charge in [0.05, 0.1) is 3.57 Å². The lowest BCUT2D eigenvalue weighted by molar-refractivity contribution is -0.138. The molecular formula is C30H35IN6O4. The van der Waals surface area contributed by atoms with Crippen LogP contribution in [-0.2, 0) is 20.8 Å². The number of nitrogens with two attached hydrogens (primary N) is 3. The average molecular weight is 671 g/mol. The predicted octanol–water partition coefficient (Wildman–Crippen LogP) is 2.26. The van der Waals surface area contributed by atoms with Crippen molar-refractivity contribution in [1.82, 2.24) is 10.6 Å². The van der Waals surface area contributed by atoms with Crippen LogP contribution in [0.15, 0.2) is 78.9 Å². The number of rotatable bonds is 14. The minimum absolute atomic E-state index is 0.0458. The van der Waals surface area contributed by atoms with Crippen LogP contribution in [0.25, 0.3) is 0 Å². The van der Waals surface area contributed by atoms with E-state index in [9.17, 15) is 19.5 Å². The first kappa shape index (κ1) is 31.6. The van der Waals surface area contributed by atoms with Crippen LogP contribution in [0.5, 0.6) is 5.75 Å². The van der Waals surface area contributed by atoms with Gasteiger partial charge in [-0.05, 0) is 64.3 Å². The molecule has 3 aromatic rings. The highest BCUT2D eigenvalue weighted by Crippen LogP contribution is 2.31. The molecule has 0 aliphatic carbocycles. The van der Waals surface area contributed by atoms with Crippen LogP contribution in [0.3, 0.4) is 0 Å². The van der Waals surface area contributed by atoms with Gasteiger partial charge in [-0.3, -0.25) is 19.8 Å². The van der Waals surface area contributed by atoms with Gasteiger partial charge in [0, 0.05) is 25.3 Å². The summed E-state index contributed by atoms with van der Waals surface area (Å²) < 4.78 is 0.573. The molecule has 0 bridgehead atoms. The summed E-state index contributed by atoms with van der Waals surface area (Å²) >= 11 is 1.96. The highest BCUT2D eigenvalue weighted by Gasteiger charge is 2.43. The molecule has 3 aromatic carbocycles. The lowest BCUT2D eigenvalue weighted by Crippen LogP contribution is -2.63. The highest BCUT2D eigenvalue weighted by molar-refractivity contribution is 14.1. The van der Waals surface area contributed by atoms with Crippen LogP contribution in [0.1, 0.15) is 41.9 Å². The maximum absolute atomic E-state index is 14.0. The number of hydrogen-bond acceptors (Lipinski definition) is 6. The van der Waals surface area contributed by atoms with Gasteiger partial charge in [0.2, 0.25) is 11.8 Å². The van der Waals surface area contributed by atoms with Crippen molar-refractivity contribution in [3.05, 3.63) is 99.1 Å². The zero-order chi connectivity index (χ0) is 30.0. The Morgan fingerprint density at radius 2 is 1.54 bits per heavy atom. The summed E-state index contributed by atoms with van der Waals surface area (Å²) in [4.78, 5) is 40.0. The molecule has 216 valence electrons. The topological polar surface area (TPSA) is 197 Å². The Balaban J connectivity index is 1.89.